The Labute approximate surface area is 112 Å². The second kappa shape index (κ2) is 7.46. The van der Waals surface area contributed by atoms with Crippen LogP contribution >= 0.6 is 0 Å². The highest BCUT2D eigenvalue weighted by Crippen LogP contribution is 2.19. The van der Waals surface area contributed by atoms with E-state index >= 15 is 0 Å². The highest BCUT2D eigenvalue weighted by Gasteiger charge is 2.26. The fourth-order valence-electron chi connectivity index (χ4n) is 3.24. The third-order valence-electron chi connectivity index (χ3n) is 4.25. The molecule has 1 atom stereocenters. The van der Waals surface area contributed by atoms with Crippen molar-refractivity contribution >= 4 is 0 Å². The Kier molecular flexibility index (Phi) is 5.93. The van der Waals surface area contributed by atoms with E-state index in [1.165, 1.54) is 58.3 Å². The molecule has 0 spiro atoms. The average Bonchev–Trinajstić information content (AvgIpc) is 2.78. The van der Waals surface area contributed by atoms with E-state index in [2.05, 4.69) is 23.6 Å². The Morgan fingerprint density at radius 3 is 2.56 bits per heavy atom. The third kappa shape index (κ3) is 4.52. The van der Waals surface area contributed by atoms with Crippen molar-refractivity contribution < 1.29 is 4.74 Å². The Bertz CT molecular complexity index is 227. The van der Waals surface area contributed by atoms with Gasteiger partial charge in [-0.15, -0.1) is 0 Å². The van der Waals surface area contributed by atoms with Gasteiger partial charge in [0.15, 0.2) is 0 Å². The molecule has 0 aromatic heterocycles. The summed E-state index contributed by atoms with van der Waals surface area (Å²) in [5.41, 5.74) is 0. The van der Waals surface area contributed by atoms with E-state index in [9.17, 15) is 0 Å². The van der Waals surface area contributed by atoms with Crippen LogP contribution in [0.15, 0.2) is 0 Å². The lowest BCUT2D eigenvalue weighted by molar-refractivity contribution is 0.0512. The van der Waals surface area contributed by atoms with Gasteiger partial charge in [0.1, 0.15) is 0 Å². The van der Waals surface area contributed by atoms with Crippen molar-refractivity contribution in [1.82, 2.24) is 9.80 Å². The van der Waals surface area contributed by atoms with E-state index in [1.54, 1.807) is 0 Å². The minimum Gasteiger partial charge on any atom is -0.377 e. The Morgan fingerprint density at radius 2 is 1.83 bits per heavy atom. The van der Waals surface area contributed by atoms with Gasteiger partial charge in [-0.3, -0.25) is 4.90 Å². The zero-order valence-corrected chi connectivity index (χ0v) is 12.2. The molecule has 2 saturated heterocycles. The van der Waals surface area contributed by atoms with Crippen LogP contribution in [0.3, 0.4) is 0 Å². The lowest BCUT2D eigenvalue weighted by atomic mass is 10.1. The molecule has 0 unspecified atom stereocenters. The van der Waals surface area contributed by atoms with E-state index in [-0.39, 0.29) is 0 Å². The van der Waals surface area contributed by atoms with Crippen molar-refractivity contribution in [2.75, 3.05) is 39.3 Å². The number of hydrogen-bond donors (Lipinski definition) is 0. The summed E-state index contributed by atoms with van der Waals surface area (Å²) >= 11 is 0. The number of likely N-dealkylation sites (tertiary alicyclic amines) is 2. The molecule has 3 heteroatoms. The molecule has 0 amide bonds. The van der Waals surface area contributed by atoms with Gasteiger partial charge in [0.05, 0.1) is 12.7 Å². The fraction of sp³-hybridized carbons (Fsp3) is 1.00. The van der Waals surface area contributed by atoms with Gasteiger partial charge in [-0.25, -0.2) is 0 Å². The molecule has 106 valence electrons. The molecular weight excluding hydrogens is 224 g/mol. The largest absolute Gasteiger partial charge is 0.377 e. The molecular formula is C15H30N2O. The van der Waals surface area contributed by atoms with Crippen molar-refractivity contribution in [3.8, 4) is 0 Å². The molecule has 0 aromatic rings. The van der Waals surface area contributed by atoms with E-state index in [4.69, 9.17) is 4.74 Å². The highest BCUT2D eigenvalue weighted by atomic mass is 16.5. The smallest absolute Gasteiger partial charge is 0.0597 e. The summed E-state index contributed by atoms with van der Waals surface area (Å²) in [6, 6.07) is 0.791. The summed E-state index contributed by atoms with van der Waals surface area (Å²) in [5.74, 6) is 0. The standard InChI is InChI=1S/C15H30N2O/c1-14(2)18-12-11-17-10-6-7-15(17)13-16-8-4-3-5-9-16/h14-15H,3-13H2,1-2H3/t15-/m1/s1. The first-order valence-electron chi connectivity index (χ1n) is 7.83. The maximum atomic E-state index is 5.69. The minimum absolute atomic E-state index is 0.369. The van der Waals surface area contributed by atoms with Crippen LogP contribution in [0.4, 0.5) is 0 Å². The van der Waals surface area contributed by atoms with E-state index in [1.807, 2.05) is 0 Å². The molecule has 0 N–H and O–H groups in total. The van der Waals surface area contributed by atoms with Crippen LogP contribution in [0.5, 0.6) is 0 Å². The van der Waals surface area contributed by atoms with Gasteiger partial charge < -0.3 is 9.64 Å². The van der Waals surface area contributed by atoms with E-state index in [0.29, 0.717) is 6.10 Å². The molecule has 0 radical (unpaired) electrons. The lowest BCUT2D eigenvalue weighted by Gasteiger charge is -2.33. The number of piperidine rings is 1. The predicted molar refractivity (Wildman–Crippen MR) is 76.0 cm³/mol. The summed E-state index contributed by atoms with van der Waals surface area (Å²) < 4.78 is 5.69. The minimum atomic E-state index is 0.369. The van der Waals surface area contributed by atoms with Gasteiger partial charge in [0, 0.05) is 19.1 Å². The molecule has 0 aliphatic carbocycles. The van der Waals surface area contributed by atoms with Crippen molar-refractivity contribution in [2.24, 2.45) is 0 Å². The van der Waals surface area contributed by atoms with Crippen LogP contribution in [0.1, 0.15) is 46.0 Å². The molecule has 2 fully saturated rings. The van der Waals surface area contributed by atoms with Gasteiger partial charge in [0.2, 0.25) is 0 Å². The first-order chi connectivity index (χ1) is 8.75. The molecule has 0 aromatic carbocycles. The maximum Gasteiger partial charge on any atom is 0.0597 e. The topological polar surface area (TPSA) is 15.7 Å². The quantitative estimate of drug-likeness (QED) is 0.724. The zero-order valence-electron chi connectivity index (χ0n) is 12.2. The predicted octanol–water partition coefficient (Wildman–Crippen LogP) is 2.36. The Morgan fingerprint density at radius 1 is 1.06 bits per heavy atom. The van der Waals surface area contributed by atoms with Crippen molar-refractivity contribution in [2.45, 2.75) is 58.1 Å². The average molecular weight is 254 g/mol. The summed E-state index contributed by atoms with van der Waals surface area (Å²) in [6.45, 7) is 11.5. The monoisotopic (exact) mass is 254 g/mol. The summed E-state index contributed by atoms with van der Waals surface area (Å²) in [7, 11) is 0. The van der Waals surface area contributed by atoms with E-state index in [0.717, 1.165) is 19.2 Å². The molecule has 0 saturated carbocycles. The lowest BCUT2D eigenvalue weighted by Crippen LogP contribution is -2.43. The summed E-state index contributed by atoms with van der Waals surface area (Å²) in [6.07, 6.45) is 7.38. The first kappa shape index (κ1) is 14.3. The number of ether oxygens (including phenoxy) is 1. The molecule has 2 aliphatic rings. The van der Waals surface area contributed by atoms with Crippen LogP contribution in [-0.4, -0.2) is 61.3 Å². The van der Waals surface area contributed by atoms with Crippen LogP contribution in [0, 0.1) is 0 Å². The van der Waals surface area contributed by atoms with Gasteiger partial charge in [-0.05, 0) is 59.2 Å². The number of rotatable bonds is 6. The number of nitrogens with zero attached hydrogens (tertiary/aromatic N) is 2. The van der Waals surface area contributed by atoms with E-state index < -0.39 is 0 Å². The van der Waals surface area contributed by atoms with Crippen LogP contribution in [0.25, 0.3) is 0 Å². The van der Waals surface area contributed by atoms with Crippen molar-refractivity contribution in [3.05, 3.63) is 0 Å². The maximum absolute atomic E-state index is 5.69. The first-order valence-corrected chi connectivity index (χ1v) is 7.83. The second-order valence-corrected chi connectivity index (χ2v) is 6.11. The highest BCUT2D eigenvalue weighted by molar-refractivity contribution is 4.82. The third-order valence-corrected chi connectivity index (χ3v) is 4.25. The van der Waals surface area contributed by atoms with Crippen LogP contribution < -0.4 is 0 Å². The molecule has 3 nitrogen and oxygen atoms in total. The van der Waals surface area contributed by atoms with Gasteiger partial charge in [-0.2, -0.15) is 0 Å². The Balaban J connectivity index is 1.69. The number of hydrogen-bond acceptors (Lipinski definition) is 3. The van der Waals surface area contributed by atoms with Gasteiger partial charge >= 0.3 is 0 Å². The second-order valence-electron chi connectivity index (χ2n) is 6.11. The molecule has 0 bridgehead atoms. The Hall–Kier alpha value is -0.120. The SMILES string of the molecule is CC(C)OCCN1CCC[C@@H]1CN1CCCCC1. The molecule has 18 heavy (non-hydrogen) atoms. The van der Waals surface area contributed by atoms with Gasteiger partial charge in [-0.1, -0.05) is 6.42 Å². The molecule has 2 aliphatic heterocycles. The van der Waals surface area contributed by atoms with Crippen molar-refractivity contribution in [3.63, 3.8) is 0 Å². The van der Waals surface area contributed by atoms with Crippen LogP contribution in [-0.2, 0) is 4.74 Å². The van der Waals surface area contributed by atoms with Crippen LogP contribution in [0.2, 0.25) is 0 Å². The molecule has 2 heterocycles. The van der Waals surface area contributed by atoms with Gasteiger partial charge in [0.25, 0.3) is 0 Å². The zero-order chi connectivity index (χ0) is 12.8. The summed E-state index contributed by atoms with van der Waals surface area (Å²) in [4.78, 5) is 5.33. The summed E-state index contributed by atoms with van der Waals surface area (Å²) in [5, 5.41) is 0. The fourth-order valence-corrected chi connectivity index (χ4v) is 3.24. The molecule has 2 rings (SSSR count). The normalized spacial score (nSPS) is 27.2. The van der Waals surface area contributed by atoms with Crippen molar-refractivity contribution in [1.29, 1.82) is 0 Å².